The Kier molecular flexibility index (Phi) is 5.55. The molecule has 0 radical (unpaired) electrons. The number of halogens is 3. The minimum absolute atomic E-state index is 0.101. The van der Waals surface area contributed by atoms with Crippen molar-refractivity contribution >= 4 is 19.9 Å². The van der Waals surface area contributed by atoms with Crippen molar-refractivity contribution in [2.45, 2.75) is 22.5 Å². The van der Waals surface area contributed by atoms with E-state index < -0.39 is 41.7 Å². The highest BCUT2D eigenvalue weighted by Gasteiger charge is 2.37. The third kappa shape index (κ3) is 5.28. The smallest absolute Gasteiger partial charge is 0.224 e. The van der Waals surface area contributed by atoms with Crippen LogP contribution in [0.3, 0.4) is 0 Å². The van der Waals surface area contributed by atoms with E-state index in [0.29, 0.717) is 10.3 Å². The van der Waals surface area contributed by atoms with Crippen LogP contribution in [0.1, 0.15) is 5.56 Å². The van der Waals surface area contributed by atoms with Gasteiger partial charge >= 0.3 is 6.30 Å². The predicted octanol–water partition coefficient (Wildman–Crippen LogP) is 2.50. The van der Waals surface area contributed by atoms with Gasteiger partial charge in [-0.1, -0.05) is 42.5 Å². The van der Waals surface area contributed by atoms with Crippen molar-refractivity contribution in [3.63, 3.8) is 0 Å². The molecule has 25 heavy (non-hydrogen) atoms. The summed E-state index contributed by atoms with van der Waals surface area (Å²) in [6, 6.07) is 12.8. The van der Waals surface area contributed by atoms with Gasteiger partial charge in [0.2, 0.25) is 10.0 Å². The van der Waals surface area contributed by atoms with E-state index in [-0.39, 0.29) is 6.42 Å². The molecular formula is C15H14F3NO4S2. The van der Waals surface area contributed by atoms with Crippen molar-refractivity contribution in [2.24, 2.45) is 0 Å². The van der Waals surface area contributed by atoms with E-state index in [9.17, 15) is 30.0 Å². The first-order valence-electron chi connectivity index (χ1n) is 6.98. The topological polar surface area (TPSA) is 80.3 Å². The zero-order chi connectivity index (χ0) is 18.7. The lowest BCUT2D eigenvalue weighted by atomic mass is 10.2. The summed E-state index contributed by atoms with van der Waals surface area (Å²) in [4.78, 5) is -1.59. The Labute approximate surface area is 143 Å². The van der Waals surface area contributed by atoms with Crippen LogP contribution in [0.5, 0.6) is 0 Å². The number of benzene rings is 2. The molecule has 0 unspecified atom stereocenters. The van der Waals surface area contributed by atoms with Crippen LogP contribution in [0.25, 0.3) is 0 Å². The van der Waals surface area contributed by atoms with Crippen LogP contribution in [-0.2, 0) is 26.3 Å². The fourth-order valence-corrected chi connectivity index (χ4v) is 5.24. The van der Waals surface area contributed by atoms with Gasteiger partial charge in [0.15, 0.2) is 9.84 Å². The second-order valence-electron chi connectivity index (χ2n) is 5.10. The Bertz CT molecular complexity index is 940. The third-order valence-corrected chi connectivity index (χ3v) is 6.56. The molecule has 0 aliphatic carbocycles. The van der Waals surface area contributed by atoms with Crippen LogP contribution in [0, 0.1) is 0 Å². The molecule has 0 aliphatic rings. The van der Waals surface area contributed by atoms with Crippen LogP contribution >= 0.6 is 0 Å². The average molecular weight is 393 g/mol. The molecule has 2 aromatic rings. The maximum absolute atomic E-state index is 12.5. The molecule has 136 valence electrons. The summed E-state index contributed by atoms with van der Waals surface area (Å²) in [5.41, 5.74) is 0.708. The van der Waals surface area contributed by atoms with Crippen LogP contribution in [0.15, 0.2) is 64.4 Å². The summed E-state index contributed by atoms with van der Waals surface area (Å²) in [6.07, 6.45) is -5.11. The summed E-state index contributed by atoms with van der Waals surface area (Å²) < 4.78 is 86.4. The SMILES string of the molecule is O=S(=O)(CCc1ccccc1)c1ccccc1S(=O)(=O)NC(F)(F)F. The van der Waals surface area contributed by atoms with E-state index in [1.165, 1.54) is 6.07 Å². The lowest BCUT2D eigenvalue weighted by Gasteiger charge is -2.13. The number of hydrogen-bond donors (Lipinski definition) is 1. The molecule has 2 rings (SSSR count). The molecule has 2 aromatic carbocycles. The fraction of sp³-hybridized carbons (Fsp3) is 0.200. The Hall–Kier alpha value is -1.91. The van der Waals surface area contributed by atoms with Crippen molar-refractivity contribution in [1.29, 1.82) is 0 Å². The molecule has 10 heteroatoms. The Morgan fingerprint density at radius 3 is 1.88 bits per heavy atom. The van der Waals surface area contributed by atoms with Gasteiger partial charge in [0.25, 0.3) is 0 Å². The fourth-order valence-electron chi connectivity index (χ4n) is 2.14. The van der Waals surface area contributed by atoms with Crippen molar-refractivity contribution in [2.75, 3.05) is 5.75 Å². The zero-order valence-corrected chi connectivity index (χ0v) is 14.3. The average Bonchev–Trinajstić information content (AvgIpc) is 2.52. The minimum atomic E-state index is -5.21. The van der Waals surface area contributed by atoms with E-state index in [1.807, 2.05) is 0 Å². The van der Waals surface area contributed by atoms with Crippen molar-refractivity contribution in [3.05, 3.63) is 60.2 Å². The highest BCUT2D eigenvalue weighted by Crippen LogP contribution is 2.25. The second kappa shape index (κ2) is 7.14. The van der Waals surface area contributed by atoms with Gasteiger partial charge in [0.05, 0.1) is 10.6 Å². The predicted molar refractivity (Wildman–Crippen MR) is 85.0 cm³/mol. The summed E-state index contributed by atoms with van der Waals surface area (Å²) in [6.45, 7) is 0. The monoisotopic (exact) mass is 393 g/mol. The van der Waals surface area contributed by atoms with Gasteiger partial charge in [0, 0.05) is 0 Å². The summed E-state index contributed by atoms with van der Waals surface area (Å²) in [7, 11) is -9.18. The van der Waals surface area contributed by atoms with Gasteiger partial charge in [-0.25, -0.2) is 16.8 Å². The maximum Gasteiger partial charge on any atom is 0.470 e. The molecule has 0 aromatic heterocycles. The van der Waals surface area contributed by atoms with Crippen molar-refractivity contribution in [3.8, 4) is 0 Å². The molecule has 0 saturated carbocycles. The first kappa shape index (κ1) is 19.4. The summed E-state index contributed by atoms with van der Waals surface area (Å²) in [5.74, 6) is -0.435. The van der Waals surface area contributed by atoms with E-state index in [1.54, 1.807) is 30.3 Å². The molecule has 5 nitrogen and oxygen atoms in total. The Morgan fingerprint density at radius 2 is 1.32 bits per heavy atom. The van der Waals surface area contributed by atoms with Gasteiger partial charge < -0.3 is 0 Å². The first-order chi connectivity index (χ1) is 11.5. The summed E-state index contributed by atoms with van der Waals surface area (Å²) >= 11 is 0. The number of alkyl halides is 3. The van der Waals surface area contributed by atoms with Gasteiger partial charge in [-0.05, 0) is 24.1 Å². The Morgan fingerprint density at radius 1 is 0.800 bits per heavy atom. The van der Waals surface area contributed by atoms with Gasteiger partial charge in [-0.2, -0.15) is 13.2 Å². The normalized spacial score (nSPS) is 12.9. The molecule has 0 spiro atoms. The standard InChI is InChI=1S/C15H14F3NO4S2/c16-15(17,18)19-25(22,23)14-9-5-4-8-13(14)24(20,21)11-10-12-6-2-1-3-7-12/h1-9,19H,10-11H2. The number of rotatable bonds is 6. The quantitative estimate of drug-likeness (QED) is 0.765. The van der Waals surface area contributed by atoms with Crippen LogP contribution in [0.2, 0.25) is 0 Å². The van der Waals surface area contributed by atoms with E-state index in [0.717, 1.165) is 18.2 Å². The molecule has 0 aliphatic heterocycles. The maximum atomic E-state index is 12.5. The van der Waals surface area contributed by atoms with Crippen LogP contribution in [0.4, 0.5) is 13.2 Å². The molecule has 0 bridgehead atoms. The van der Waals surface area contributed by atoms with Crippen LogP contribution < -0.4 is 4.72 Å². The van der Waals surface area contributed by atoms with E-state index in [2.05, 4.69) is 0 Å². The summed E-state index contributed by atoms with van der Waals surface area (Å²) in [5, 5.41) is 0. The molecular weight excluding hydrogens is 379 g/mol. The number of aryl methyl sites for hydroxylation is 1. The molecule has 1 N–H and O–H groups in total. The molecule has 0 saturated heterocycles. The third-order valence-electron chi connectivity index (χ3n) is 3.23. The van der Waals surface area contributed by atoms with Crippen molar-refractivity contribution in [1.82, 2.24) is 4.72 Å². The highest BCUT2D eigenvalue weighted by molar-refractivity contribution is 7.93. The minimum Gasteiger partial charge on any atom is -0.224 e. The zero-order valence-electron chi connectivity index (χ0n) is 12.7. The van der Waals surface area contributed by atoms with E-state index >= 15 is 0 Å². The van der Waals surface area contributed by atoms with Gasteiger partial charge in [-0.15, -0.1) is 4.72 Å². The number of sulfone groups is 1. The number of sulfonamides is 1. The van der Waals surface area contributed by atoms with Crippen molar-refractivity contribution < 1.29 is 30.0 Å². The Balaban J connectivity index is 2.36. The van der Waals surface area contributed by atoms with E-state index in [4.69, 9.17) is 0 Å². The lowest BCUT2D eigenvalue weighted by molar-refractivity contribution is -0.138. The number of nitrogens with one attached hydrogen (secondary N) is 1. The molecule has 0 heterocycles. The lowest BCUT2D eigenvalue weighted by Crippen LogP contribution is -2.37. The van der Waals surface area contributed by atoms with Gasteiger partial charge in [-0.3, -0.25) is 0 Å². The largest absolute Gasteiger partial charge is 0.470 e. The molecule has 0 fully saturated rings. The number of hydrogen-bond acceptors (Lipinski definition) is 4. The second-order valence-corrected chi connectivity index (χ2v) is 8.83. The van der Waals surface area contributed by atoms with Gasteiger partial charge in [0.1, 0.15) is 4.90 Å². The van der Waals surface area contributed by atoms with Crippen LogP contribution in [-0.4, -0.2) is 28.9 Å². The first-order valence-corrected chi connectivity index (χ1v) is 10.1. The highest BCUT2D eigenvalue weighted by atomic mass is 32.2. The molecule has 0 atom stereocenters. The molecule has 0 amide bonds.